The summed E-state index contributed by atoms with van der Waals surface area (Å²) in [5.41, 5.74) is 1.62. The molecule has 22 heavy (non-hydrogen) atoms. The van der Waals surface area contributed by atoms with Gasteiger partial charge in [-0.2, -0.15) is 5.10 Å². The van der Waals surface area contributed by atoms with Gasteiger partial charge in [-0.05, 0) is 34.1 Å². The molecule has 1 aliphatic rings. The molecule has 108 valence electrons. The third-order valence-corrected chi connectivity index (χ3v) is 4.25. The van der Waals surface area contributed by atoms with Gasteiger partial charge < -0.3 is 0 Å². The second-order valence-corrected chi connectivity index (χ2v) is 5.93. The number of nitrogens with one attached hydrogen (secondary N) is 1. The zero-order valence-electron chi connectivity index (χ0n) is 10.8. The second-order valence-electron chi connectivity index (χ2n) is 4.69. The van der Waals surface area contributed by atoms with Crippen LogP contribution in [-0.2, 0) is 0 Å². The molecule has 8 heteroatoms. The number of aromatic nitrogens is 3. The molecule has 1 N–H and O–H groups in total. The number of hydrogen-bond donors (Lipinski definition) is 1. The van der Waals surface area contributed by atoms with Crippen LogP contribution in [0.4, 0.5) is 5.82 Å². The van der Waals surface area contributed by atoms with E-state index in [1.165, 1.54) is 0 Å². The second kappa shape index (κ2) is 4.62. The Labute approximate surface area is 137 Å². The Balaban J connectivity index is 1.95. The van der Waals surface area contributed by atoms with E-state index >= 15 is 0 Å². The number of nitrogens with zero attached hydrogens (tertiary/aromatic N) is 3. The molecule has 4 rings (SSSR count). The van der Waals surface area contributed by atoms with E-state index in [-0.39, 0.29) is 11.0 Å². The van der Waals surface area contributed by atoms with Crippen LogP contribution < -0.4 is 4.90 Å². The van der Waals surface area contributed by atoms with Gasteiger partial charge in [-0.25, -0.2) is 9.88 Å². The van der Waals surface area contributed by atoms with Crippen LogP contribution in [0.2, 0.25) is 5.15 Å². The lowest BCUT2D eigenvalue weighted by Gasteiger charge is -2.10. The van der Waals surface area contributed by atoms with Gasteiger partial charge >= 0.3 is 0 Å². The maximum Gasteiger partial charge on any atom is 0.267 e. The Hall–Kier alpha value is -2.25. The fourth-order valence-corrected chi connectivity index (χ4v) is 3.27. The minimum atomic E-state index is -0.424. The SMILES string of the molecule is O=C1c2ccccc2C(=O)N1c1n[nH]c2c(Br)cc(Cl)nc12. The van der Waals surface area contributed by atoms with Crippen LogP contribution in [0.1, 0.15) is 20.7 Å². The molecule has 2 aromatic heterocycles. The maximum absolute atomic E-state index is 12.5. The molecule has 3 heterocycles. The van der Waals surface area contributed by atoms with Crippen LogP contribution in [0.5, 0.6) is 0 Å². The van der Waals surface area contributed by atoms with Crippen molar-refractivity contribution in [2.45, 2.75) is 0 Å². The number of carbonyl (C=O) groups excluding carboxylic acids is 2. The summed E-state index contributed by atoms with van der Waals surface area (Å²) < 4.78 is 0.651. The lowest BCUT2D eigenvalue weighted by molar-refractivity contribution is 0.0925. The lowest BCUT2D eigenvalue weighted by atomic mass is 10.1. The molecule has 0 atom stereocenters. The van der Waals surface area contributed by atoms with Crippen molar-refractivity contribution in [2.24, 2.45) is 0 Å². The molecule has 0 unspecified atom stereocenters. The molecule has 0 spiro atoms. The van der Waals surface area contributed by atoms with E-state index in [4.69, 9.17) is 11.6 Å². The standard InChI is InChI=1S/C14H6BrClN4O2/c15-8-5-9(16)17-11-10(8)18-19-12(11)20-13(21)6-3-1-2-4-7(6)14(20)22/h1-5H,(H,18,19). The molecule has 0 aliphatic carbocycles. The van der Waals surface area contributed by atoms with Gasteiger partial charge in [0.15, 0.2) is 5.82 Å². The van der Waals surface area contributed by atoms with Crippen LogP contribution in [0.15, 0.2) is 34.8 Å². The van der Waals surface area contributed by atoms with Gasteiger partial charge in [-0.15, -0.1) is 0 Å². The summed E-state index contributed by atoms with van der Waals surface area (Å²) in [4.78, 5) is 30.2. The van der Waals surface area contributed by atoms with Crippen LogP contribution in [-0.4, -0.2) is 27.0 Å². The molecular formula is C14H6BrClN4O2. The van der Waals surface area contributed by atoms with E-state index in [2.05, 4.69) is 31.1 Å². The third-order valence-electron chi connectivity index (χ3n) is 3.43. The Morgan fingerprint density at radius 2 is 1.77 bits per heavy atom. The minimum Gasteiger partial charge on any atom is -0.273 e. The predicted molar refractivity (Wildman–Crippen MR) is 84.2 cm³/mol. The first-order chi connectivity index (χ1) is 10.6. The van der Waals surface area contributed by atoms with Crippen molar-refractivity contribution in [3.05, 3.63) is 51.1 Å². The van der Waals surface area contributed by atoms with Crippen LogP contribution in [0.25, 0.3) is 11.0 Å². The quantitative estimate of drug-likeness (QED) is 0.522. The van der Waals surface area contributed by atoms with E-state index in [9.17, 15) is 9.59 Å². The number of pyridine rings is 1. The van der Waals surface area contributed by atoms with Crippen LogP contribution >= 0.6 is 27.5 Å². The normalized spacial score (nSPS) is 14.0. The van der Waals surface area contributed by atoms with Crippen molar-refractivity contribution >= 4 is 56.2 Å². The van der Waals surface area contributed by atoms with E-state index < -0.39 is 11.8 Å². The van der Waals surface area contributed by atoms with Crippen molar-refractivity contribution in [3.8, 4) is 0 Å². The summed E-state index contributed by atoms with van der Waals surface area (Å²) in [6, 6.07) is 8.25. The number of imide groups is 1. The highest BCUT2D eigenvalue weighted by Crippen LogP contribution is 2.34. The lowest BCUT2D eigenvalue weighted by Crippen LogP contribution is -2.30. The zero-order valence-corrected chi connectivity index (χ0v) is 13.1. The van der Waals surface area contributed by atoms with Gasteiger partial charge in [0.25, 0.3) is 11.8 Å². The number of rotatable bonds is 1. The summed E-state index contributed by atoms with van der Waals surface area (Å²) in [7, 11) is 0. The Morgan fingerprint density at radius 1 is 1.14 bits per heavy atom. The average molecular weight is 378 g/mol. The first kappa shape index (κ1) is 13.4. The molecule has 1 aliphatic heterocycles. The number of halogens is 2. The first-order valence-corrected chi connectivity index (χ1v) is 7.43. The molecule has 2 amide bonds. The van der Waals surface area contributed by atoms with Gasteiger partial charge in [-0.1, -0.05) is 23.7 Å². The van der Waals surface area contributed by atoms with Gasteiger partial charge in [0.2, 0.25) is 0 Å². The molecule has 6 nitrogen and oxygen atoms in total. The van der Waals surface area contributed by atoms with Crippen molar-refractivity contribution in [1.29, 1.82) is 0 Å². The first-order valence-electron chi connectivity index (χ1n) is 6.26. The zero-order chi connectivity index (χ0) is 15.4. The van der Waals surface area contributed by atoms with E-state index in [1.807, 2.05) is 0 Å². The molecule has 0 saturated carbocycles. The van der Waals surface area contributed by atoms with Crippen LogP contribution in [0, 0.1) is 0 Å². The number of carbonyl (C=O) groups is 2. The Kier molecular flexibility index (Phi) is 2.82. The Bertz CT molecular complexity index is 934. The molecule has 1 aromatic carbocycles. The van der Waals surface area contributed by atoms with Crippen molar-refractivity contribution in [3.63, 3.8) is 0 Å². The fourth-order valence-electron chi connectivity index (χ4n) is 2.45. The van der Waals surface area contributed by atoms with Gasteiger partial charge in [-0.3, -0.25) is 14.7 Å². The van der Waals surface area contributed by atoms with Gasteiger partial charge in [0.05, 0.1) is 11.1 Å². The van der Waals surface area contributed by atoms with Crippen molar-refractivity contribution in [2.75, 3.05) is 4.90 Å². The highest BCUT2D eigenvalue weighted by atomic mass is 79.9. The molecular weight excluding hydrogens is 372 g/mol. The highest BCUT2D eigenvalue weighted by molar-refractivity contribution is 9.10. The van der Waals surface area contributed by atoms with Crippen LogP contribution in [0.3, 0.4) is 0 Å². The van der Waals surface area contributed by atoms with Gasteiger partial charge in [0, 0.05) is 4.47 Å². The number of H-pyrrole nitrogens is 1. The number of anilines is 1. The summed E-state index contributed by atoms with van der Waals surface area (Å²) >= 11 is 9.29. The number of hydrogen-bond acceptors (Lipinski definition) is 4. The number of benzene rings is 1. The fraction of sp³-hybridized carbons (Fsp3) is 0. The predicted octanol–water partition coefficient (Wildman–Crippen LogP) is 3.17. The van der Waals surface area contributed by atoms with E-state index in [0.717, 1.165) is 4.90 Å². The number of amides is 2. The van der Waals surface area contributed by atoms with Gasteiger partial charge in [0.1, 0.15) is 16.2 Å². The van der Waals surface area contributed by atoms with Crippen molar-refractivity contribution in [1.82, 2.24) is 15.2 Å². The number of fused-ring (bicyclic) bond motifs is 2. The summed E-state index contributed by atoms with van der Waals surface area (Å²) in [6.45, 7) is 0. The highest BCUT2D eigenvalue weighted by Gasteiger charge is 2.39. The Morgan fingerprint density at radius 3 is 2.41 bits per heavy atom. The molecule has 0 fully saturated rings. The van der Waals surface area contributed by atoms with E-state index in [0.29, 0.717) is 26.6 Å². The molecule has 3 aromatic rings. The molecule has 0 saturated heterocycles. The third kappa shape index (κ3) is 1.72. The summed E-state index contributed by atoms with van der Waals surface area (Å²) in [5, 5.41) is 7.07. The molecule has 0 radical (unpaired) electrons. The minimum absolute atomic E-state index is 0.143. The summed E-state index contributed by atoms with van der Waals surface area (Å²) in [5.74, 6) is -0.705. The summed E-state index contributed by atoms with van der Waals surface area (Å²) in [6.07, 6.45) is 0. The topological polar surface area (TPSA) is 79.0 Å². The average Bonchev–Trinajstić information content (AvgIpc) is 3.00. The monoisotopic (exact) mass is 376 g/mol. The largest absolute Gasteiger partial charge is 0.273 e. The molecule has 0 bridgehead atoms. The number of aromatic amines is 1. The van der Waals surface area contributed by atoms with E-state index in [1.54, 1.807) is 30.3 Å². The van der Waals surface area contributed by atoms with Crippen molar-refractivity contribution < 1.29 is 9.59 Å². The smallest absolute Gasteiger partial charge is 0.267 e. The maximum atomic E-state index is 12.5.